The van der Waals surface area contributed by atoms with Crippen molar-refractivity contribution in [3.8, 4) is 22.8 Å². The molecule has 4 nitrogen and oxygen atoms in total. The minimum Gasteiger partial charge on any atom is -0.456 e. The monoisotopic (exact) mass is 459 g/mol. The number of pyridine rings is 1. The molecule has 0 saturated carbocycles. The molecule has 0 unspecified atom stereocenters. The quantitative estimate of drug-likeness (QED) is 0.326. The maximum atomic E-state index is 12.7. The van der Waals surface area contributed by atoms with Gasteiger partial charge in [0.15, 0.2) is 5.65 Å². The van der Waals surface area contributed by atoms with Crippen LogP contribution in [0.1, 0.15) is 17.5 Å². The van der Waals surface area contributed by atoms with Gasteiger partial charge in [-0.2, -0.15) is 13.2 Å². The van der Waals surface area contributed by atoms with Crippen molar-refractivity contribution in [2.75, 3.05) is 11.9 Å². The summed E-state index contributed by atoms with van der Waals surface area (Å²) >= 11 is 6.05. The van der Waals surface area contributed by atoms with Crippen LogP contribution >= 0.6 is 11.6 Å². The molecule has 0 aliphatic rings. The fourth-order valence-electron chi connectivity index (χ4n) is 3.37. The number of ether oxygens (including phenoxy) is 1. The predicted octanol–water partition coefficient (Wildman–Crippen LogP) is 7.43. The summed E-state index contributed by atoms with van der Waals surface area (Å²) in [7, 11) is 0. The van der Waals surface area contributed by atoms with E-state index in [0.717, 1.165) is 16.8 Å². The number of hydrogen-bond acceptors (Lipinski definition) is 3. The number of rotatable bonds is 6. The molecule has 2 aromatic carbocycles. The van der Waals surface area contributed by atoms with Crippen LogP contribution in [0.3, 0.4) is 0 Å². The minimum atomic E-state index is -4.25. The summed E-state index contributed by atoms with van der Waals surface area (Å²) in [5, 5.41) is 3.38. The lowest BCUT2D eigenvalue weighted by molar-refractivity contribution is -0.131. The van der Waals surface area contributed by atoms with E-state index in [1.807, 2.05) is 30.4 Å². The van der Waals surface area contributed by atoms with Gasteiger partial charge in [-0.05, 0) is 49.2 Å². The first-order valence-electron chi connectivity index (χ1n) is 10.0. The third kappa shape index (κ3) is 4.99. The molecular weight excluding hydrogens is 439 g/mol. The zero-order valence-electron chi connectivity index (χ0n) is 17.5. The topological polar surface area (TPSA) is 38.6 Å². The number of halogens is 4. The lowest BCUT2D eigenvalue weighted by atomic mass is 10.0. The Balaban J connectivity index is 1.77. The van der Waals surface area contributed by atoms with E-state index in [1.54, 1.807) is 42.7 Å². The van der Waals surface area contributed by atoms with Crippen LogP contribution in [0, 0.1) is 13.8 Å². The molecule has 8 heteroatoms. The van der Waals surface area contributed by atoms with E-state index in [0.29, 0.717) is 27.9 Å². The molecule has 0 fully saturated rings. The Hall–Kier alpha value is -3.19. The third-order valence-corrected chi connectivity index (χ3v) is 5.37. The molecule has 166 valence electrons. The molecule has 0 amide bonds. The standard InChI is InChI=1S/C24H21ClF3N3O/c1-15-6-7-17(10-16(15)2)22-13-30-23-21(29-9-8-24(26,27)28)12-20(14-31(22)23)32-19-5-3-4-18(25)11-19/h3-7,10-14,29H,8-9H2,1-2H3. The molecule has 0 aliphatic carbocycles. The van der Waals surface area contributed by atoms with Crippen molar-refractivity contribution in [2.24, 2.45) is 0 Å². The highest BCUT2D eigenvalue weighted by atomic mass is 35.5. The smallest absolute Gasteiger partial charge is 0.390 e. The van der Waals surface area contributed by atoms with Crippen LogP contribution in [-0.2, 0) is 0 Å². The van der Waals surface area contributed by atoms with Crippen molar-refractivity contribution in [2.45, 2.75) is 26.4 Å². The van der Waals surface area contributed by atoms with E-state index in [-0.39, 0.29) is 6.54 Å². The van der Waals surface area contributed by atoms with Gasteiger partial charge in [0.2, 0.25) is 0 Å². The van der Waals surface area contributed by atoms with Gasteiger partial charge in [0, 0.05) is 23.2 Å². The summed E-state index contributed by atoms with van der Waals surface area (Å²) in [5.74, 6) is 0.961. The highest BCUT2D eigenvalue weighted by molar-refractivity contribution is 6.30. The van der Waals surface area contributed by atoms with Gasteiger partial charge in [-0.15, -0.1) is 0 Å². The summed E-state index contributed by atoms with van der Waals surface area (Å²) in [5.41, 5.74) is 5.01. The first-order chi connectivity index (χ1) is 15.2. The highest BCUT2D eigenvalue weighted by Crippen LogP contribution is 2.32. The molecular formula is C24H21ClF3N3O. The van der Waals surface area contributed by atoms with E-state index in [1.165, 1.54) is 5.56 Å². The van der Waals surface area contributed by atoms with E-state index in [4.69, 9.17) is 16.3 Å². The van der Waals surface area contributed by atoms with Gasteiger partial charge in [-0.3, -0.25) is 4.40 Å². The summed E-state index contributed by atoms with van der Waals surface area (Å²) in [4.78, 5) is 4.47. The number of aryl methyl sites for hydroxylation is 2. The second-order valence-corrected chi connectivity index (χ2v) is 8.01. The Labute approximate surface area is 188 Å². The normalized spacial score (nSPS) is 11.7. The van der Waals surface area contributed by atoms with Gasteiger partial charge in [-0.25, -0.2) is 4.98 Å². The Morgan fingerprint density at radius 2 is 1.84 bits per heavy atom. The molecule has 1 N–H and O–H groups in total. The predicted molar refractivity (Wildman–Crippen MR) is 121 cm³/mol. The molecule has 0 spiro atoms. The van der Waals surface area contributed by atoms with Gasteiger partial charge in [0.25, 0.3) is 0 Å². The molecule has 2 heterocycles. The molecule has 0 saturated heterocycles. The van der Waals surface area contributed by atoms with Gasteiger partial charge in [0.1, 0.15) is 11.5 Å². The van der Waals surface area contributed by atoms with Crippen LogP contribution < -0.4 is 10.1 Å². The molecule has 0 atom stereocenters. The summed E-state index contributed by atoms with van der Waals surface area (Å²) in [6, 6.07) is 14.6. The average Bonchev–Trinajstić information content (AvgIpc) is 3.13. The second-order valence-electron chi connectivity index (χ2n) is 7.58. The molecule has 2 aromatic heterocycles. The molecule has 4 rings (SSSR count). The van der Waals surface area contributed by atoms with Crippen LogP contribution in [-0.4, -0.2) is 22.1 Å². The van der Waals surface area contributed by atoms with Crippen molar-refractivity contribution in [1.29, 1.82) is 0 Å². The van der Waals surface area contributed by atoms with Crippen LogP contribution in [0.4, 0.5) is 18.9 Å². The highest BCUT2D eigenvalue weighted by Gasteiger charge is 2.26. The van der Waals surface area contributed by atoms with Crippen molar-refractivity contribution in [3.05, 3.63) is 77.1 Å². The fourth-order valence-corrected chi connectivity index (χ4v) is 3.55. The lowest BCUT2D eigenvalue weighted by Crippen LogP contribution is -2.15. The number of benzene rings is 2. The van der Waals surface area contributed by atoms with E-state index in [2.05, 4.69) is 16.4 Å². The lowest BCUT2D eigenvalue weighted by Gasteiger charge is -2.14. The number of fused-ring (bicyclic) bond motifs is 1. The van der Waals surface area contributed by atoms with E-state index >= 15 is 0 Å². The maximum Gasteiger partial charge on any atom is 0.390 e. The molecule has 0 aliphatic heterocycles. The molecule has 0 radical (unpaired) electrons. The average molecular weight is 460 g/mol. The van der Waals surface area contributed by atoms with Gasteiger partial charge >= 0.3 is 6.18 Å². The van der Waals surface area contributed by atoms with Gasteiger partial charge < -0.3 is 10.1 Å². The number of hydrogen-bond donors (Lipinski definition) is 1. The Morgan fingerprint density at radius 3 is 2.56 bits per heavy atom. The molecule has 32 heavy (non-hydrogen) atoms. The first-order valence-corrected chi connectivity index (χ1v) is 10.4. The zero-order valence-corrected chi connectivity index (χ0v) is 18.3. The summed E-state index contributed by atoms with van der Waals surface area (Å²) in [6.45, 7) is 3.79. The second kappa shape index (κ2) is 8.74. The van der Waals surface area contributed by atoms with Gasteiger partial charge in [0.05, 0.1) is 30.2 Å². The number of nitrogens with one attached hydrogen (secondary N) is 1. The Morgan fingerprint density at radius 1 is 1.03 bits per heavy atom. The van der Waals surface area contributed by atoms with Crippen molar-refractivity contribution < 1.29 is 17.9 Å². The minimum absolute atomic E-state index is 0.272. The third-order valence-electron chi connectivity index (χ3n) is 5.14. The maximum absolute atomic E-state index is 12.7. The largest absolute Gasteiger partial charge is 0.456 e. The first kappa shape index (κ1) is 22.0. The van der Waals surface area contributed by atoms with Gasteiger partial charge in [-0.1, -0.05) is 29.8 Å². The molecule has 0 bridgehead atoms. The zero-order chi connectivity index (χ0) is 22.9. The number of nitrogens with zero attached hydrogens (tertiary/aromatic N) is 2. The summed E-state index contributed by atoms with van der Waals surface area (Å²) in [6.07, 6.45) is -1.73. The van der Waals surface area contributed by atoms with Crippen LogP contribution in [0.5, 0.6) is 11.5 Å². The van der Waals surface area contributed by atoms with Crippen LogP contribution in [0.2, 0.25) is 5.02 Å². The Kier molecular flexibility index (Phi) is 6.02. The molecule has 4 aromatic rings. The van der Waals surface area contributed by atoms with E-state index in [9.17, 15) is 13.2 Å². The SMILES string of the molecule is Cc1ccc(-c2cnc3c(NCCC(F)(F)F)cc(Oc4cccc(Cl)c4)cn23)cc1C. The number of alkyl halides is 3. The van der Waals surface area contributed by atoms with Crippen LogP contribution in [0.25, 0.3) is 16.9 Å². The van der Waals surface area contributed by atoms with Crippen LogP contribution in [0.15, 0.2) is 60.9 Å². The summed E-state index contributed by atoms with van der Waals surface area (Å²) < 4.78 is 45.8. The number of anilines is 1. The number of imidazole rings is 1. The van der Waals surface area contributed by atoms with E-state index < -0.39 is 12.6 Å². The van der Waals surface area contributed by atoms with Crippen molar-refractivity contribution >= 4 is 22.9 Å². The van der Waals surface area contributed by atoms with Crippen molar-refractivity contribution in [1.82, 2.24) is 9.38 Å². The Bertz CT molecular complexity index is 1270. The number of aromatic nitrogens is 2. The van der Waals surface area contributed by atoms with Crippen molar-refractivity contribution in [3.63, 3.8) is 0 Å². The fraction of sp³-hybridized carbons (Fsp3) is 0.208.